The fraction of sp³-hybridized carbons (Fsp3) is 0.192. The van der Waals surface area contributed by atoms with Gasteiger partial charge in [0.15, 0.2) is 5.16 Å². The van der Waals surface area contributed by atoms with E-state index in [1.165, 1.54) is 11.8 Å². The lowest BCUT2D eigenvalue weighted by Crippen LogP contribution is -2.22. The van der Waals surface area contributed by atoms with Crippen LogP contribution < -0.4 is 5.56 Å². The molecule has 0 fully saturated rings. The topological polar surface area (TPSA) is 55.2 Å². The first-order chi connectivity index (χ1) is 15.9. The Morgan fingerprint density at radius 2 is 1.85 bits per heavy atom. The number of fused-ring (bicyclic) bond motifs is 1. The number of rotatable bonds is 7. The fourth-order valence-corrected chi connectivity index (χ4v) is 5.80. The highest BCUT2D eigenvalue weighted by molar-refractivity contribution is 7.98. The first kappa shape index (κ1) is 23.0. The molecule has 0 N–H and O–H groups in total. The maximum Gasteiger partial charge on any atom is 0.263 e. The molecule has 2 heterocycles. The van der Waals surface area contributed by atoms with E-state index in [-0.39, 0.29) is 11.5 Å². The molecule has 7 heteroatoms. The van der Waals surface area contributed by atoms with Gasteiger partial charge in [0.05, 0.1) is 5.39 Å². The van der Waals surface area contributed by atoms with E-state index in [1.807, 2.05) is 49.4 Å². The molecular formula is C26H25N3O2S2. The average molecular weight is 476 g/mol. The van der Waals surface area contributed by atoms with Gasteiger partial charge in [0.1, 0.15) is 4.83 Å². The summed E-state index contributed by atoms with van der Waals surface area (Å²) in [5.74, 6) is 0.616. The number of hydrogen-bond donors (Lipinski definition) is 0. The Hall–Kier alpha value is -3.16. The number of carbonyl (C=O) groups is 1. The lowest BCUT2D eigenvalue weighted by atomic mass is 10.1. The third kappa shape index (κ3) is 4.65. The van der Waals surface area contributed by atoms with Crippen LogP contribution in [0.3, 0.4) is 0 Å². The van der Waals surface area contributed by atoms with Gasteiger partial charge in [-0.1, -0.05) is 60.3 Å². The number of aromatic nitrogens is 2. The summed E-state index contributed by atoms with van der Waals surface area (Å²) in [4.78, 5) is 33.8. The van der Waals surface area contributed by atoms with Crippen LogP contribution in [-0.2, 0) is 12.3 Å². The fourth-order valence-electron chi connectivity index (χ4n) is 3.61. The summed E-state index contributed by atoms with van der Waals surface area (Å²) in [5, 5.41) is 1.35. The highest BCUT2D eigenvalue weighted by atomic mass is 32.2. The predicted octanol–water partition coefficient (Wildman–Crippen LogP) is 5.61. The maximum atomic E-state index is 13.4. The third-order valence-electron chi connectivity index (χ3n) is 5.34. The summed E-state index contributed by atoms with van der Waals surface area (Å²) in [7, 11) is 3.48. The summed E-state index contributed by atoms with van der Waals surface area (Å²) in [6.07, 6.45) is 1.72. The number of nitrogens with zero attached hydrogens (tertiary/aromatic N) is 3. The second kappa shape index (κ2) is 9.77. The Kier molecular flexibility index (Phi) is 6.81. The van der Waals surface area contributed by atoms with E-state index < -0.39 is 0 Å². The Morgan fingerprint density at radius 3 is 2.48 bits per heavy atom. The molecule has 4 aromatic rings. The Labute approximate surface area is 201 Å². The average Bonchev–Trinajstić information content (AvgIpc) is 3.16. The Balaban J connectivity index is 1.68. The molecule has 5 nitrogen and oxygen atoms in total. The van der Waals surface area contributed by atoms with Crippen LogP contribution in [0.2, 0.25) is 0 Å². The molecule has 168 valence electrons. The number of thioether (sulfide) groups is 1. The van der Waals surface area contributed by atoms with Gasteiger partial charge in [-0.15, -0.1) is 17.9 Å². The van der Waals surface area contributed by atoms with Crippen molar-refractivity contribution in [2.45, 2.75) is 24.4 Å². The van der Waals surface area contributed by atoms with Gasteiger partial charge in [0.25, 0.3) is 11.5 Å². The summed E-state index contributed by atoms with van der Waals surface area (Å²) in [5.41, 5.74) is 3.73. The van der Waals surface area contributed by atoms with Crippen molar-refractivity contribution in [1.29, 1.82) is 0 Å². The number of benzene rings is 2. The van der Waals surface area contributed by atoms with E-state index in [2.05, 4.69) is 18.7 Å². The molecule has 0 saturated heterocycles. The van der Waals surface area contributed by atoms with E-state index in [0.29, 0.717) is 28.4 Å². The van der Waals surface area contributed by atoms with Gasteiger partial charge in [-0.05, 0) is 35.7 Å². The lowest BCUT2D eigenvalue weighted by molar-refractivity contribution is 0.0827. The summed E-state index contributed by atoms with van der Waals surface area (Å²) in [6.45, 7) is 6.21. The molecule has 33 heavy (non-hydrogen) atoms. The van der Waals surface area contributed by atoms with Crippen molar-refractivity contribution in [3.05, 3.63) is 94.3 Å². The van der Waals surface area contributed by atoms with Crippen molar-refractivity contribution >= 4 is 39.2 Å². The van der Waals surface area contributed by atoms with Crippen LogP contribution in [0, 0.1) is 6.92 Å². The standard InChI is InChI=1S/C26H25N3O2S2/c1-5-15-29-25(31)21-17(2)22(19-9-7-6-8-10-19)33-23(21)27-26(29)32-16-18-11-13-20(14-12-18)24(30)28(3)4/h5-14H,1,15-16H2,2-4H3. The molecule has 0 unspecified atom stereocenters. The van der Waals surface area contributed by atoms with E-state index in [1.54, 1.807) is 41.0 Å². The first-order valence-corrected chi connectivity index (χ1v) is 12.3. The van der Waals surface area contributed by atoms with Gasteiger partial charge in [0.2, 0.25) is 0 Å². The van der Waals surface area contributed by atoms with Gasteiger partial charge in [-0.25, -0.2) is 4.98 Å². The molecule has 0 saturated carbocycles. The normalized spacial score (nSPS) is 11.0. The van der Waals surface area contributed by atoms with E-state index >= 15 is 0 Å². The van der Waals surface area contributed by atoms with Gasteiger partial charge >= 0.3 is 0 Å². The minimum absolute atomic E-state index is 0.0246. The number of amides is 1. The van der Waals surface area contributed by atoms with Gasteiger partial charge < -0.3 is 4.90 Å². The van der Waals surface area contributed by atoms with E-state index in [4.69, 9.17) is 4.98 Å². The zero-order chi connectivity index (χ0) is 23.5. The highest BCUT2D eigenvalue weighted by Gasteiger charge is 2.19. The number of allylic oxidation sites excluding steroid dienone is 1. The van der Waals surface area contributed by atoms with Crippen LogP contribution in [0.1, 0.15) is 21.5 Å². The molecule has 2 aromatic carbocycles. The molecule has 0 bridgehead atoms. The molecular weight excluding hydrogens is 450 g/mol. The molecule has 1 amide bonds. The molecule has 0 aliphatic heterocycles. The van der Waals surface area contributed by atoms with Crippen LogP contribution in [0.25, 0.3) is 20.7 Å². The van der Waals surface area contributed by atoms with E-state index in [0.717, 1.165) is 26.4 Å². The van der Waals surface area contributed by atoms with Gasteiger partial charge in [-0.3, -0.25) is 14.2 Å². The predicted molar refractivity (Wildman–Crippen MR) is 138 cm³/mol. The summed E-state index contributed by atoms with van der Waals surface area (Å²) in [6, 6.07) is 17.7. The molecule has 0 atom stereocenters. The van der Waals surface area contributed by atoms with Crippen molar-refractivity contribution in [2.24, 2.45) is 0 Å². The Bertz CT molecular complexity index is 1370. The monoisotopic (exact) mass is 475 g/mol. The van der Waals surface area contributed by atoms with E-state index in [9.17, 15) is 9.59 Å². The van der Waals surface area contributed by atoms with Crippen LogP contribution >= 0.6 is 23.1 Å². The zero-order valence-corrected chi connectivity index (χ0v) is 20.5. The molecule has 4 rings (SSSR count). The van der Waals surface area contributed by atoms with Crippen LogP contribution in [0.15, 0.2) is 77.2 Å². The van der Waals surface area contributed by atoms with Crippen molar-refractivity contribution in [1.82, 2.24) is 14.5 Å². The highest BCUT2D eigenvalue weighted by Crippen LogP contribution is 2.36. The van der Waals surface area contributed by atoms with Crippen LogP contribution in [-0.4, -0.2) is 34.5 Å². The molecule has 0 aliphatic carbocycles. The first-order valence-electron chi connectivity index (χ1n) is 10.5. The van der Waals surface area contributed by atoms with Gasteiger partial charge in [0, 0.05) is 36.8 Å². The summed E-state index contributed by atoms with van der Waals surface area (Å²) < 4.78 is 1.69. The van der Waals surface area contributed by atoms with Crippen molar-refractivity contribution in [2.75, 3.05) is 14.1 Å². The second-order valence-electron chi connectivity index (χ2n) is 7.89. The quantitative estimate of drug-likeness (QED) is 0.198. The zero-order valence-electron chi connectivity index (χ0n) is 18.9. The minimum Gasteiger partial charge on any atom is -0.345 e. The third-order valence-corrected chi connectivity index (χ3v) is 7.62. The Morgan fingerprint density at radius 1 is 1.15 bits per heavy atom. The van der Waals surface area contributed by atoms with Gasteiger partial charge in [-0.2, -0.15) is 0 Å². The number of aryl methyl sites for hydroxylation is 1. The molecule has 0 radical (unpaired) electrons. The van der Waals surface area contributed by atoms with Crippen LogP contribution in [0.4, 0.5) is 0 Å². The molecule has 0 spiro atoms. The number of hydrogen-bond acceptors (Lipinski definition) is 5. The smallest absolute Gasteiger partial charge is 0.263 e. The number of thiophene rings is 1. The number of carbonyl (C=O) groups excluding carboxylic acids is 1. The largest absolute Gasteiger partial charge is 0.345 e. The lowest BCUT2D eigenvalue weighted by Gasteiger charge is -2.12. The van der Waals surface area contributed by atoms with Crippen molar-refractivity contribution in [3.63, 3.8) is 0 Å². The van der Waals surface area contributed by atoms with Crippen molar-refractivity contribution < 1.29 is 4.79 Å². The van der Waals surface area contributed by atoms with Crippen molar-refractivity contribution in [3.8, 4) is 10.4 Å². The molecule has 0 aliphatic rings. The SMILES string of the molecule is C=CCn1c(SCc2ccc(C(=O)N(C)C)cc2)nc2sc(-c3ccccc3)c(C)c2c1=O. The summed E-state index contributed by atoms with van der Waals surface area (Å²) >= 11 is 3.07. The second-order valence-corrected chi connectivity index (χ2v) is 9.83. The minimum atomic E-state index is -0.0368. The maximum absolute atomic E-state index is 13.4. The molecule has 2 aromatic heterocycles. The van der Waals surface area contributed by atoms with Crippen LogP contribution in [0.5, 0.6) is 0 Å².